The number of anilines is 1. The van der Waals surface area contributed by atoms with E-state index in [4.69, 9.17) is 5.73 Å². The predicted octanol–water partition coefficient (Wildman–Crippen LogP) is 3.88. The highest BCUT2D eigenvalue weighted by Crippen LogP contribution is 2.23. The highest BCUT2D eigenvalue weighted by atomic mass is 79.9. The number of nitrogens with two attached hydrogens (primary N) is 1. The van der Waals surface area contributed by atoms with Crippen molar-refractivity contribution < 1.29 is 0 Å². The van der Waals surface area contributed by atoms with E-state index in [0.29, 0.717) is 0 Å². The molecule has 1 aromatic heterocycles. The zero-order valence-electron chi connectivity index (χ0n) is 10.1. The summed E-state index contributed by atoms with van der Waals surface area (Å²) < 4.78 is 2.88. The SMILES string of the molecule is Nc1cccc(-n2cc(-c3cccc(Br)c3)cn2)c1. The van der Waals surface area contributed by atoms with Crippen LogP contribution in [0.25, 0.3) is 16.8 Å². The summed E-state index contributed by atoms with van der Waals surface area (Å²) >= 11 is 3.48. The van der Waals surface area contributed by atoms with Crippen LogP contribution in [0.15, 0.2) is 65.4 Å². The second-order valence-electron chi connectivity index (χ2n) is 4.28. The van der Waals surface area contributed by atoms with E-state index in [-0.39, 0.29) is 0 Å². The summed E-state index contributed by atoms with van der Waals surface area (Å²) in [4.78, 5) is 0. The molecule has 0 radical (unpaired) electrons. The first-order chi connectivity index (χ1) is 9.22. The largest absolute Gasteiger partial charge is 0.399 e. The van der Waals surface area contributed by atoms with E-state index < -0.39 is 0 Å². The van der Waals surface area contributed by atoms with Crippen LogP contribution in [-0.4, -0.2) is 9.78 Å². The number of hydrogen-bond donors (Lipinski definition) is 1. The van der Waals surface area contributed by atoms with Crippen LogP contribution >= 0.6 is 15.9 Å². The first-order valence-corrected chi connectivity index (χ1v) is 6.68. The van der Waals surface area contributed by atoms with Crippen molar-refractivity contribution in [1.29, 1.82) is 0 Å². The van der Waals surface area contributed by atoms with Gasteiger partial charge in [0.2, 0.25) is 0 Å². The molecule has 0 spiro atoms. The summed E-state index contributed by atoms with van der Waals surface area (Å²) in [5.41, 5.74) is 9.68. The summed E-state index contributed by atoms with van der Waals surface area (Å²) in [6.07, 6.45) is 3.85. The molecular formula is C15H12BrN3. The lowest BCUT2D eigenvalue weighted by Gasteiger charge is -2.02. The van der Waals surface area contributed by atoms with Crippen molar-refractivity contribution >= 4 is 21.6 Å². The van der Waals surface area contributed by atoms with Crippen LogP contribution in [0, 0.1) is 0 Å². The number of nitrogens with zero attached hydrogens (tertiary/aromatic N) is 2. The van der Waals surface area contributed by atoms with E-state index in [1.54, 1.807) is 0 Å². The van der Waals surface area contributed by atoms with Gasteiger partial charge in [-0.05, 0) is 35.9 Å². The molecule has 0 saturated heterocycles. The lowest BCUT2D eigenvalue weighted by Crippen LogP contribution is -1.95. The van der Waals surface area contributed by atoms with Gasteiger partial charge in [-0.2, -0.15) is 5.10 Å². The van der Waals surface area contributed by atoms with Crippen LogP contribution < -0.4 is 5.73 Å². The van der Waals surface area contributed by atoms with Crippen molar-refractivity contribution in [3.8, 4) is 16.8 Å². The van der Waals surface area contributed by atoms with Gasteiger partial charge in [-0.15, -0.1) is 0 Å². The highest BCUT2D eigenvalue weighted by Gasteiger charge is 2.04. The molecule has 3 aromatic rings. The van der Waals surface area contributed by atoms with Crippen molar-refractivity contribution in [3.63, 3.8) is 0 Å². The maximum atomic E-state index is 5.79. The van der Waals surface area contributed by atoms with E-state index in [0.717, 1.165) is 27.0 Å². The van der Waals surface area contributed by atoms with Gasteiger partial charge in [0.05, 0.1) is 11.9 Å². The number of benzene rings is 2. The van der Waals surface area contributed by atoms with E-state index in [1.165, 1.54) is 0 Å². The minimum absolute atomic E-state index is 0.733. The lowest BCUT2D eigenvalue weighted by molar-refractivity contribution is 0.881. The maximum absolute atomic E-state index is 5.79. The molecule has 0 aliphatic rings. The normalized spacial score (nSPS) is 10.6. The van der Waals surface area contributed by atoms with Gasteiger partial charge in [-0.1, -0.05) is 34.1 Å². The number of aromatic nitrogens is 2. The van der Waals surface area contributed by atoms with Crippen molar-refractivity contribution in [3.05, 3.63) is 65.4 Å². The highest BCUT2D eigenvalue weighted by molar-refractivity contribution is 9.10. The van der Waals surface area contributed by atoms with Gasteiger partial charge < -0.3 is 5.73 Å². The van der Waals surface area contributed by atoms with Crippen LogP contribution in [0.4, 0.5) is 5.69 Å². The Kier molecular flexibility index (Phi) is 3.09. The third kappa shape index (κ3) is 2.53. The summed E-state index contributed by atoms with van der Waals surface area (Å²) in [6, 6.07) is 15.8. The van der Waals surface area contributed by atoms with E-state index in [1.807, 2.05) is 53.5 Å². The summed E-state index contributed by atoms with van der Waals surface area (Å²) in [5, 5.41) is 4.38. The molecule has 4 heteroatoms. The lowest BCUT2D eigenvalue weighted by atomic mass is 10.1. The minimum atomic E-state index is 0.733. The van der Waals surface area contributed by atoms with Crippen LogP contribution in [0.1, 0.15) is 0 Å². The maximum Gasteiger partial charge on any atom is 0.0666 e. The first kappa shape index (κ1) is 12.0. The topological polar surface area (TPSA) is 43.8 Å². The van der Waals surface area contributed by atoms with E-state index in [2.05, 4.69) is 33.2 Å². The fraction of sp³-hybridized carbons (Fsp3) is 0. The van der Waals surface area contributed by atoms with Gasteiger partial charge in [-0.25, -0.2) is 4.68 Å². The quantitative estimate of drug-likeness (QED) is 0.729. The fourth-order valence-corrected chi connectivity index (χ4v) is 2.35. The van der Waals surface area contributed by atoms with Crippen LogP contribution in [0.2, 0.25) is 0 Å². The fourth-order valence-electron chi connectivity index (χ4n) is 1.95. The Labute approximate surface area is 119 Å². The van der Waals surface area contributed by atoms with Gasteiger partial charge >= 0.3 is 0 Å². The molecule has 0 fully saturated rings. The monoisotopic (exact) mass is 313 g/mol. The number of nitrogen functional groups attached to an aromatic ring is 1. The minimum Gasteiger partial charge on any atom is -0.399 e. The molecule has 19 heavy (non-hydrogen) atoms. The average molecular weight is 314 g/mol. The third-order valence-electron chi connectivity index (χ3n) is 2.88. The molecule has 94 valence electrons. The van der Waals surface area contributed by atoms with Gasteiger partial charge in [0.15, 0.2) is 0 Å². The molecule has 0 amide bonds. The Morgan fingerprint density at radius 2 is 1.84 bits per heavy atom. The molecule has 3 rings (SSSR count). The number of hydrogen-bond acceptors (Lipinski definition) is 2. The molecule has 0 saturated carbocycles. The standard InChI is InChI=1S/C15H12BrN3/c16-13-4-1-3-11(7-13)12-9-18-19(10-12)15-6-2-5-14(17)8-15/h1-10H,17H2. The molecule has 2 N–H and O–H groups in total. The zero-order valence-corrected chi connectivity index (χ0v) is 11.7. The molecule has 0 aliphatic heterocycles. The molecule has 0 unspecified atom stereocenters. The predicted molar refractivity (Wildman–Crippen MR) is 81.1 cm³/mol. The Morgan fingerprint density at radius 3 is 2.63 bits per heavy atom. The van der Waals surface area contributed by atoms with Crippen molar-refractivity contribution in [2.75, 3.05) is 5.73 Å². The summed E-state index contributed by atoms with van der Waals surface area (Å²) in [6.45, 7) is 0. The number of halogens is 1. The van der Waals surface area contributed by atoms with Crippen LogP contribution in [0.5, 0.6) is 0 Å². The second-order valence-corrected chi connectivity index (χ2v) is 5.19. The smallest absolute Gasteiger partial charge is 0.0666 e. The first-order valence-electron chi connectivity index (χ1n) is 5.89. The van der Waals surface area contributed by atoms with Crippen LogP contribution in [-0.2, 0) is 0 Å². The summed E-state index contributed by atoms with van der Waals surface area (Å²) in [5.74, 6) is 0. The third-order valence-corrected chi connectivity index (χ3v) is 3.37. The zero-order chi connectivity index (χ0) is 13.2. The van der Waals surface area contributed by atoms with E-state index in [9.17, 15) is 0 Å². The Bertz CT molecular complexity index is 659. The summed E-state index contributed by atoms with van der Waals surface area (Å²) in [7, 11) is 0. The molecule has 0 aliphatic carbocycles. The molecule has 3 nitrogen and oxygen atoms in total. The second kappa shape index (κ2) is 4.90. The Morgan fingerprint density at radius 1 is 1.00 bits per heavy atom. The van der Waals surface area contributed by atoms with Crippen LogP contribution in [0.3, 0.4) is 0 Å². The van der Waals surface area contributed by atoms with E-state index >= 15 is 0 Å². The molecule has 0 atom stereocenters. The Balaban J connectivity index is 2.00. The molecule has 0 bridgehead atoms. The van der Waals surface area contributed by atoms with Gasteiger partial charge in [-0.3, -0.25) is 0 Å². The van der Waals surface area contributed by atoms with Gasteiger partial charge in [0.25, 0.3) is 0 Å². The van der Waals surface area contributed by atoms with Gasteiger partial charge in [0.1, 0.15) is 0 Å². The number of rotatable bonds is 2. The Hall–Kier alpha value is -2.07. The van der Waals surface area contributed by atoms with Crippen molar-refractivity contribution in [2.45, 2.75) is 0 Å². The van der Waals surface area contributed by atoms with Crippen molar-refractivity contribution in [2.24, 2.45) is 0 Å². The van der Waals surface area contributed by atoms with Gasteiger partial charge in [0, 0.05) is 21.9 Å². The molecular weight excluding hydrogens is 302 g/mol. The van der Waals surface area contributed by atoms with Crippen molar-refractivity contribution in [1.82, 2.24) is 9.78 Å². The molecule has 2 aromatic carbocycles. The molecule has 1 heterocycles. The average Bonchev–Trinajstić information content (AvgIpc) is 2.88.